The van der Waals surface area contributed by atoms with Crippen LogP contribution in [0.4, 0.5) is 0 Å². The molecule has 1 heterocycles. The Morgan fingerprint density at radius 1 is 0.719 bits per heavy atom. The Hall–Kier alpha value is -3.99. The maximum atomic E-state index is 12.0. The highest BCUT2D eigenvalue weighted by Crippen LogP contribution is 2.35. The number of aliphatic carboxylic acids is 1. The van der Waals surface area contributed by atoms with Gasteiger partial charge >= 0.3 is 5.97 Å². The van der Waals surface area contributed by atoms with Crippen LogP contribution in [0.5, 0.6) is 5.75 Å². The van der Waals surface area contributed by atoms with Crippen LogP contribution in [0.25, 0.3) is 33.2 Å². The van der Waals surface area contributed by atoms with Gasteiger partial charge in [0.1, 0.15) is 11.5 Å². The molecule has 0 saturated carbocycles. The smallest absolute Gasteiger partial charge is 0.303 e. The van der Waals surface area contributed by atoms with Gasteiger partial charge in [0.2, 0.25) is 0 Å². The highest BCUT2D eigenvalue weighted by molar-refractivity contribution is 6.04. The minimum Gasteiger partial charge on any atom is -0.506 e. The largest absolute Gasteiger partial charge is 0.506 e. The summed E-state index contributed by atoms with van der Waals surface area (Å²) in [6.45, 7) is 0. The van der Waals surface area contributed by atoms with E-state index < -0.39 is 5.97 Å². The summed E-state index contributed by atoms with van der Waals surface area (Å²) in [5.41, 5.74) is 4.36. The number of pyridine rings is 1. The van der Waals surface area contributed by atoms with Crippen LogP contribution in [0.1, 0.15) is 25.0 Å². The second kappa shape index (κ2) is 9.43. The molecule has 0 radical (unpaired) electrons. The van der Waals surface area contributed by atoms with Crippen molar-refractivity contribution in [3.8, 4) is 28.1 Å². The Bertz CT molecular complexity index is 1280. The summed E-state index contributed by atoms with van der Waals surface area (Å²) >= 11 is 0. The Morgan fingerprint density at radius 2 is 1.38 bits per heavy atom. The number of benzene rings is 3. The van der Waals surface area contributed by atoms with Crippen molar-refractivity contribution < 1.29 is 19.8 Å². The van der Waals surface area contributed by atoms with Gasteiger partial charge in [0, 0.05) is 24.8 Å². The number of nitrogens with zero attached hydrogens (tertiary/aromatic N) is 1. The molecule has 1 aromatic heterocycles. The molecule has 0 aliphatic carbocycles. The van der Waals surface area contributed by atoms with Gasteiger partial charge in [-0.3, -0.25) is 9.59 Å². The molecule has 160 valence electrons. The summed E-state index contributed by atoms with van der Waals surface area (Å²) in [4.78, 5) is 27.3. The van der Waals surface area contributed by atoms with E-state index in [1.54, 1.807) is 12.1 Å². The maximum absolute atomic E-state index is 12.0. The molecule has 0 unspecified atom stereocenters. The van der Waals surface area contributed by atoms with Crippen LogP contribution in [0.3, 0.4) is 0 Å². The van der Waals surface area contributed by atoms with E-state index in [1.165, 1.54) is 0 Å². The van der Waals surface area contributed by atoms with Gasteiger partial charge in [0.15, 0.2) is 0 Å². The predicted molar refractivity (Wildman–Crippen MR) is 124 cm³/mol. The number of aromatic hydroxyl groups is 1. The number of Topliss-reactive ketones (excluding diaryl/α,β-unsaturated/α-hetero) is 1. The van der Waals surface area contributed by atoms with Crippen LogP contribution in [-0.2, 0) is 16.0 Å². The third-order valence-corrected chi connectivity index (χ3v) is 5.49. The normalized spacial score (nSPS) is 10.9. The van der Waals surface area contributed by atoms with E-state index in [2.05, 4.69) is 35.3 Å². The highest BCUT2D eigenvalue weighted by atomic mass is 16.4. The molecule has 0 aliphatic heterocycles. The van der Waals surface area contributed by atoms with E-state index in [0.717, 1.165) is 27.5 Å². The van der Waals surface area contributed by atoms with Gasteiger partial charge in [0.05, 0.1) is 17.8 Å². The fourth-order valence-corrected chi connectivity index (χ4v) is 3.85. The third-order valence-electron chi connectivity index (χ3n) is 5.49. The lowest BCUT2D eigenvalue weighted by Gasteiger charge is -2.13. The van der Waals surface area contributed by atoms with Gasteiger partial charge in [0.25, 0.3) is 0 Å². The number of hydrogen-bond acceptors (Lipinski definition) is 4. The van der Waals surface area contributed by atoms with Gasteiger partial charge in [-0.15, -0.1) is 0 Å². The molecule has 0 atom stereocenters. The Labute approximate surface area is 186 Å². The lowest BCUT2D eigenvalue weighted by atomic mass is 9.93. The minimum absolute atomic E-state index is 0.0125. The van der Waals surface area contributed by atoms with Crippen molar-refractivity contribution in [1.29, 1.82) is 0 Å². The van der Waals surface area contributed by atoms with Gasteiger partial charge in [-0.25, -0.2) is 4.98 Å². The molecule has 0 amide bonds. The lowest BCUT2D eigenvalue weighted by Crippen LogP contribution is -2.05. The fraction of sp³-hybridized carbons (Fsp3) is 0.148. The molecule has 5 nitrogen and oxygen atoms in total. The Kier molecular flexibility index (Phi) is 6.26. The van der Waals surface area contributed by atoms with Crippen LogP contribution >= 0.6 is 0 Å². The Morgan fingerprint density at radius 3 is 2.09 bits per heavy atom. The monoisotopic (exact) mass is 425 g/mol. The first kappa shape index (κ1) is 21.2. The van der Waals surface area contributed by atoms with E-state index in [-0.39, 0.29) is 37.2 Å². The molecule has 3 aromatic carbocycles. The van der Waals surface area contributed by atoms with Crippen molar-refractivity contribution in [3.05, 3.63) is 84.6 Å². The summed E-state index contributed by atoms with van der Waals surface area (Å²) in [6, 6.07) is 25.8. The highest BCUT2D eigenvalue weighted by Gasteiger charge is 2.14. The number of carboxylic acids is 1. The standard InChI is InChI=1S/C27H23NO4/c29-19(11-17-27(31)32)10-14-25-26(30)16-15-24(28-25)23-13-12-20(18-6-2-1-3-7-18)21-8-4-5-9-22(21)23/h1-9,12-13,15-16,30H,10-11,14,17H2,(H,31,32). The first-order valence-electron chi connectivity index (χ1n) is 10.5. The predicted octanol–water partition coefficient (Wildman–Crippen LogP) is 5.64. The molecule has 0 spiro atoms. The number of rotatable bonds is 8. The average Bonchev–Trinajstić information content (AvgIpc) is 2.82. The molecule has 0 bridgehead atoms. The number of aryl methyl sites for hydroxylation is 1. The zero-order chi connectivity index (χ0) is 22.5. The fourth-order valence-electron chi connectivity index (χ4n) is 3.85. The van der Waals surface area contributed by atoms with Crippen LogP contribution < -0.4 is 0 Å². The van der Waals surface area contributed by atoms with E-state index in [0.29, 0.717) is 11.4 Å². The number of carbonyl (C=O) groups is 2. The third kappa shape index (κ3) is 4.67. The number of ketones is 1. The summed E-state index contributed by atoms with van der Waals surface area (Å²) in [5, 5.41) is 21.1. The van der Waals surface area contributed by atoms with Gasteiger partial charge in [-0.05, 0) is 34.0 Å². The van der Waals surface area contributed by atoms with Gasteiger partial charge in [-0.2, -0.15) is 0 Å². The molecule has 0 saturated heterocycles. The quantitative estimate of drug-likeness (QED) is 0.381. The van der Waals surface area contributed by atoms with Crippen LogP contribution in [0, 0.1) is 0 Å². The van der Waals surface area contributed by atoms with Crippen molar-refractivity contribution in [2.75, 3.05) is 0 Å². The first-order chi connectivity index (χ1) is 15.5. The number of hydrogen-bond donors (Lipinski definition) is 2. The molecular weight excluding hydrogens is 402 g/mol. The zero-order valence-electron chi connectivity index (χ0n) is 17.5. The van der Waals surface area contributed by atoms with Crippen LogP contribution in [0.15, 0.2) is 78.9 Å². The molecule has 2 N–H and O–H groups in total. The molecule has 0 aliphatic rings. The summed E-state index contributed by atoms with van der Waals surface area (Å²) in [6.07, 6.45) is 0.211. The summed E-state index contributed by atoms with van der Waals surface area (Å²) in [5.74, 6) is -1.12. The lowest BCUT2D eigenvalue weighted by molar-refractivity contribution is -0.138. The van der Waals surface area contributed by atoms with Gasteiger partial charge in [-0.1, -0.05) is 66.7 Å². The number of carboxylic acid groups (broad SMARTS) is 1. The van der Waals surface area contributed by atoms with Crippen molar-refractivity contribution in [3.63, 3.8) is 0 Å². The van der Waals surface area contributed by atoms with Crippen LogP contribution in [0.2, 0.25) is 0 Å². The summed E-state index contributed by atoms with van der Waals surface area (Å²) < 4.78 is 0. The molecule has 0 fully saturated rings. The molecular formula is C27H23NO4. The molecule has 4 rings (SSSR count). The first-order valence-corrected chi connectivity index (χ1v) is 10.5. The number of fused-ring (bicyclic) bond motifs is 1. The molecule has 4 aromatic rings. The summed E-state index contributed by atoms with van der Waals surface area (Å²) in [7, 11) is 0. The van der Waals surface area contributed by atoms with Crippen molar-refractivity contribution in [2.24, 2.45) is 0 Å². The minimum atomic E-state index is -0.993. The SMILES string of the molecule is O=C(O)CCC(=O)CCc1nc(-c2ccc(-c3ccccc3)c3ccccc23)ccc1O. The van der Waals surface area contributed by atoms with Gasteiger partial charge < -0.3 is 10.2 Å². The van der Waals surface area contributed by atoms with E-state index in [9.17, 15) is 14.7 Å². The average molecular weight is 425 g/mol. The molecule has 5 heteroatoms. The van der Waals surface area contributed by atoms with Crippen molar-refractivity contribution >= 4 is 22.5 Å². The van der Waals surface area contributed by atoms with E-state index in [1.807, 2.05) is 36.4 Å². The number of aromatic nitrogens is 1. The van der Waals surface area contributed by atoms with Crippen molar-refractivity contribution in [2.45, 2.75) is 25.7 Å². The zero-order valence-corrected chi connectivity index (χ0v) is 17.5. The number of carbonyl (C=O) groups excluding carboxylic acids is 1. The van der Waals surface area contributed by atoms with E-state index in [4.69, 9.17) is 5.11 Å². The second-order valence-corrected chi connectivity index (χ2v) is 7.67. The second-order valence-electron chi connectivity index (χ2n) is 7.67. The molecule has 32 heavy (non-hydrogen) atoms. The van der Waals surface area contributed by atoms with E-state index >= 15 is 0 Å². The Balaban J connectivity index is 1.67. The topological polar surface area (TPSA) is 87.5 Å². The maximum Gasteiger partial charge on any atom is 0.303 e. The van der Waals surface area contributed by atoms with Crippen LogP contribution in [-0.4, -0.2) is 26.9 Å². The van der Waals surface area contributed by atoms with Crippen molar-refractivity contribution in [1.82, 2.24) is 4.98 Å².